The van der Waals surface area contributed by atoms with Crippen LogP contribution in [-0.2, 0) is 6.18 Å². The molecule has 0 radical (unpaired) electrons. The molecule has 0 aliphatic heterocycles. The van der Waals surface area contributed by atoms with E-state index in [9.17, 15) is 18.0 Å². The van der Waals surface area contributed by atoms with Crippen LogP contribution >= 0.6 is 0 Å². The summed E-state index contributed by atoms with van der Waals surface area (Å²) < 4.78 is 55.8. The van der Waals surface area contributed by atoms with Gasteiger partial charge in [0, 0.05) is 6.07 Å². The summed E-state index contributed by atoms with van der Waals surface area (Å²) >= 11 is 0. The topological polar surface area (TPSA) is 48.7 Å². The molecule has 136 valence electrons. The number of hydrogen-bond acceptors (Lipinski definition) is 4. The van der Waals surface area contributed by atoms with Crippen LogP contribution in [0.4, 0.5) is 13.2 Å². The Labute approximate surface area is 146 Å². The van der Waals surface area contributed by atoms with Crippen molar-refractivity contribution in [3.05, 3.63) is 64.0 Å². The smallest absolute Gasteiger partial charge is 0.453 e. The quantitative estimate of drug-likeness (QED) is 0.629. The maximum absolute atomic E-state index is 13.4. The van der Waals surface area contributed by atoms with Crippen molar-refractivity contribution < 1.29 is 27.1 Å². The van der Waals surface area contributed by atoms with Crippen molar-refractivity contribution in [3.8, 4) is 17.2 Å². The molecule has 1 aromatic heterocycles. The maximum Gasteiger partial charge on any atom is 0.453 e. The Hall–Kier alpha value is -2.96. The normalized spacial score (nSPS) is 11.6. The third-order valence-electron chi connectivity index (χ3n) is 3.60. The minimum absolute atomic E-state index is 0.0240. The highest BCUT2D eigenvalue weighted by Gasteiger charge is 2.40. The molecule has 0 atom stereocenters. The van der Waals surface area contributed by atoms with Crippen molar-refractivity contribution in [2.24, 2.45) is 0 Å². The maximum atomic E-state index is 13.4. The first kappa shape index (κ1) is 17.8. The second kappa shape index (κ2) is 6.74. The first-order valence-electron chi connectivity index (χ1n) is 7.85. The van der Waals surface area contributed by atoms with Crippen LogP contribution in [0.25, 0.3) is 11.0 Å². The Morgan fingerprint density at radius 3 is 2.50 bits per heavy atom. The van der Waals surface area contributed by atoms with Crippen LogP contribution in [0.3, 0.4) is 0 Å². The number of aryl methyl sites for hydroxylation is 1. The predicted octanol–water partition coefficient (Wildman–Crippen LogP) is 5.31. The first-order chi connectivity index (χ1) is 12.3. The summed E-state index contributed by atoms with van der Waals surface area (Å²) in [5.74, 6) is -1.94. The molecule has 0 saturated carbocycles. The van der Waals surface area contributed by atoms with Gasteiger partial charge in [-0.1, -0.05) is 12.1 Å². The van der Waals surface area contributed by atoms with E-state index in [4.69, 9.17) is 13.9 Å². The van der Waals surface area contributed by atoms with E-state index >= 15 is 0 Å². The van der Waals surface area contributed by atoms with Gasteiger partial charge < -0.3 is 13.9 Å². The third kappa shape index (κ3) is 3.51. The largest absolute Gasteiger partial charge is 0.494 e. The lowest BCUT2D eigenvalue weighted by molar-refractivity contribution is -0.154. The highest BCUT2D eigenvalue weighted by Crippen LogP contribution is 2.38. The molecule has 4 nitrogen and oxygen atoms in total. The standard InChI is InChI=1S/C19H15F3O4/c1-3-24-12-7-8-14-15(10-12)26-18(19(20,21)22)17(16(14)23)25-13-6-4-5-11(2)9-13/h4-10H,3H2,1-2H3. The van der Waals surface area contributed by atoms with Crippen molar-refractivity contribution in [1.82, 2.24) is 0 Å². The van der Waals surface area contributed by atoms with E-state index in [0.29, 0.717) is 12.4 Å². The zero-order valence-corrected chi connectivity index (χ0v) is 14.0. The molecule has 3 rings (SSSR count). The number of halogens is 3. The number of ether oxygens (including phenoxy) is 2. The Balaban J connectivity index is 2.21. The summed E-state index contributed by atoms with van der Waals surface area (Å²) in [6.45, 7) is 3.83. The highest BCUT2D eigenvalue weighted by atomic mass is 19.4. The molecule has 26 heavy (non-hydrogen) atoms. The van der Waals surface area contributed by atoms with Crippen LogP contribution in [0.15, 0.2) is 51.7 Å². The van der Waals surface area contributed by atoms with Crippen LogP contribution in [0.2, 0.25) is 0 Å². The van der Waals surface area contributed by atoms with E-state index in [1.807, 2.05) is 0 Å². The first-order valence-corrected chi connectivity index (χ1v) is 7.85. The van der Waals surface area contributed by atoms with Crippen molar-refractivity contribution >= 4 is 11.0 Å². The van der Waals surface area contributed by atoms with Gasteiger partial charge in [0.1, 0.15) is 17.1 Å². The fraction of sp³-hybridized carbons (Fsp3) is 0.211. The molecule has 0 bridgehead atoms. The highest BCUT2D eigenvalue weighted by molar-refractivity contribution is 5.79. The summed E-state index contributed by atoms with van der Waals surface area (Å²) in [5, 5.41) is -0.0240. The van der Waals surface area contributed by atoms with E-state index in [1.165, 1.54) is 30.3 Å². The van der Waals surface area contributed by atoms with E-state index in [1.54, 1.807) is 26.0 Å². The van der Waals surface area contributed by atoms with Gasteiger partial charge in [0.2, 0.25) is 11.2 Å². The number of alkyl halides is 3. The molecule has 0 amide bonds. The monoisotopic (exact) mass is 364 g/mol. The fourth-order valence-corrected chi connectivity index (χ4v) is 2.49. The molecular formula is C19H15F3O4. The van der Waals surface area contributed by atoms with Crippen molar-refractivity contribution in [3.63, 3.8) is 0 Å². The molecular weight excluding hydrogens is 349 g/mol. The Morgan fingerprint density at radius 2 is 1.85 bits per heavy atom. The van der Waals surface area contributed by atoms with E-state index in [2.05, 4.69) is 0 Å². The molecule has 0 fully saturated rings. The van der Waals surface area contributed by atoms with Crippen molar-refractivity contribution in [1.29, 1.82) is 0 Å². The molecule has 1 heterocycles. The van der Waals surface area contributed by atoms with Crippen molar-refractivity contribution in [2.45, 2.75) is 20.0 Å². The van der Waals surface area contributed by atoms with E-state index in [-0.39, 0.29) is 16.7 Å². The van der Waals surface area contributed by atoms with Gasteiger partial charge in [-0.3, -0.25) is 4.79 Å². The zero-order chi connectivity index (χ0) is 18.9. The van der Waals surface area contributed by atoms with Crippen LogP contribution < -0.4 is 14.9 Å². The molecule has 0 spiro atoms. The molecule has 0 N–H and O–H groups in total. The average molecular weight is 364 g/mol. The minimum atomic E-state index is -4.89. The molecule has 7 heteroatoms. The number of benzene rings is 2. The van der Waals surface area contributed by atoms with Crippen LogP contribution in [0, 0.1) is 6.92 Å². The molecule has 0 saturated heterocycles. The molecule has 0 aliphatic carbocycles. The minimum Gasteiger partial charge on any atom is -0.494 e. The lowest BCUT2D eigenvalue weighted by Gasteiger charge is -2.14. The second-order valence-corrected chi connectivity index (χ2v) is 5.60. The lowest BCUT2D eigenvalue weighted by Crippen LogP contribution is -2.15. The summed E-state index contributed by atoms with van der Waals surface area (Å²) in [6, 6.07) is 10.5. The Morgan fingerprint density at radius 1 is 1.08 bits per heavy atom. The zero-order valence-electron chi connectivity index (χ0n) is 14.0. The Bertz CT molecular complexity index is 1010. The van der Waals surface area contributed by atoms with Gasteiger partial charge in [-0.25, -0.2) is 0 Å². The third-order valence-corrected chi connectivity index (χ3v) is 3.60. The van der Waals surface area contributed by atoms with Gasteiger partial charge in [0.05, 0.1) is 12.0 Å². The average Bonchev–Trinajstić information content (AvgIpc) is 2.56. The van der Waals surface area contributed by atoms with E-state index in [0.717, 1.165) is 5.56 Å². The van der Waals surface area contributed by atoms with Gasteiger partial charge in [-0.05, 0) is 43.7 Å². The molecule has 0 unspecified atom stereocenters. The number of rotatable bonds is 4. The number of hydrogen-bond donors (Lipinski definition) is 0. The predicted molar refractivity (Wildman–Crippen MR) is 89.9 cm³/mol. The SMILES string of the molecule is CCOc1ccc2c(=O)c(Oc3cccc(C)c3)c(C(F)(F)F)oc2c1. The summed E-state index contributed by atoms with van der Waals surface area (Å²) in [4.78, 5) is 12.6. The Kier molecular flexibility index (Phi) is 4.63. The van der Waals surface area contributed by atoms with Crippen molar-refractivity contribution in [2.75, 3.05) is 6.61 Å². The summed E-state index contributed by atoms with van der Waals surface area (Å²) in [7, 11) is 0. The van der Waals surface area contributed by atoms with Gasteiger partial charge in [0.15, 0.2) is 0 Å². The van der Waals surface area contributed by atoms with Gasteiger partial charge in [-0.2, -0.15) is 13.2 Å². The molecule has 0 aliphatic rings. The van der Waals surface area contributed by atoms with Gasteiger partial charge in [0.25, 0.3) is 5.76 Å². The molecule has 3 aromatic rings. The summed E-state index contributed by atoms with van der Waals surface area (Å²) in [6.07, 6.45) is -4.89. The van der Waals surface area contributed by atoms with Crippen LogP contribution in [0.5, 0.6) is 17.2 Å². The van der Waals surface area contributed by atoms with Gasteiger partial charge in [-0.15, -0.1) is 0 Å². The van der Waals surface area contributed by atoms with E-state index < -0.39 is 23.1 Å². The second-order valence-electron chi connectivity index (χ2n) is 5.60. The van der Waals surface area contributed by atoms with Crippen LogP contribution in [0.1, 0.15) is 18.2 Å². The van der Waals surface area contributed by atoms with Gasteiger partial charge >= 0.3 is 6.18 Å². The fourth-order valence-electron chi connectivity index (χ4n) is 2.49. The molecule has 2 aromatic carbocycles. The van der Waals surface area contributed by atoms with Crippen LogP contribution in [-0.4, -0.2) is 6.61 Å². The summed E-state index contributed by atoms with van der Waals surface area (Å²) in [5.41, 5.74) is -0.337. The lowest BCUT2D eigenvalue weighted by atomic mass is 10.2. The number of fused-ring (bicyclic) bond motifs is 1.